The van der Waals surface area contributed by atoms with Gasteiger partial charge in [0.1, 0.15) is 0 Å². The highest BCUT2D eigenvalue weighted by atomic mass is 35.5. The van der Waals surface area contributed by atoms with E-state index in [9.17, 15) is 10.0 Å². The Hall–Kier alpha value is -2.99. The average Bonchev–Trinajstić information content (AvgIpc) is 2.96. The number of fused-ring (bicyclic) bond motifs is 3. The normalized spacial score (nSPS) is 15.2. The molecule has 6 nitrogen and oxygen atoms in total. The monoisotopic (exact) mass is 368 g/mol. The van der Waals surface area contributed by atoms with E-state index < -0.39 is 6.03 Å². The number of aromatic nitrogens is 1. The minimum absolute atomic E-state index is 0.493. The summed E-state index contributed by atoms with van der Waals surface area (Å²) in [5.41, 5.74) is 10.3. The van der Waals surface area contributed by atoms with Crippen molar-refractivity contribution in [1.29, 1.82) is 0 Å². The third-order valence-electron chi connectivity index (χ3n) is 4.67. The first kappa shape index (κ1) is 16.5. The molecule has 1 aromatic heterocycles. The van der Waals surface area contributed by atoms with Gasteiger partial charge in [-0.1, -0.05) is 35.0 Å². The molecule has 0 saturated carbocycles. The summed E-state index contributed by atoms with van der Waals surface area (Å²) < 4.78 is 2.10. The first-order chi connectivity index (χ1) is 12.6. The summed E-state index contributed by atoms with van der Waals surface area (Å²) in [6, 6.07) is 12.6. The second-order valence-corrected chi connectivity index (χ2v) is 6.64. The number of halogens is 1. The molecule has 1 aliphatic rings. The topological polar surface area (TPSA) is 92.6 Å². The summed E-state index contributed by atoms with van der Waals surface area (Å²) in [6.07, 6.45) is 2.51. The molecule has 26 heavy (non-hydrogen) atoms. The maximum absolute atomic E-state index is 11.1. The van der Waals surface area contributed by atoms with Crippen LogP contribution >= 0.6 is 11.6 Å². The summed E-state index contributed by atoms with van der Waals surface area (Å²) in [4.78, 5) is 11.1. The number of amides is 2. The SMILES string of the molecule is NC(=O)Nc1ccc(-n2c3c(c4ccccc42)C(=NO)CCC3)c(Cl)c1. The minimum atomic E-state index is -0.638. The summed E-state index contributed by atoms with van der Waals surface area (Å²) in [5.74, 6) is 0. The van der Waals surface area contributed by atoms with Crippen molar-refractivity contribution >= 4 is 39.9 Å². The third kappa shape index (κ3) is 2.59. The Morgan fingerprint density at radius 2 is 2.04 bits per heavy atom. The number of carbonyl (C=O) groups excluding carboxylic acids is 1. The zero-order valence-electron chi connectivity index (χ0n) is 13.9. The number of hydrogen-bond donors (Lipinski definition) is 3. The van der Waals surface area contributed by atoms with E-state index in [-0.39, 0.29) is 0 Å². The van der Waals surface area contributed by atoms with Crippen LogP contribution in [0.15, 0.2) is 47.6 Å². The van der Waals surface area contributed by atoms with Crippen LogP contribution in [-0.4, -0.2) is 21.5 Å². The smallest absolute Gasteiger partial charge is 0.316 e. The van der Waals surface area contributed by atoms with Crippen LogP contribution in [0.4, 0.5) is 10.5 Å². The van der Waals surface area contributed by atoms with Gasteiger partial charge >= 0.3 is 6.03 Å². The fourth-order valence-electron chi connectivity index (χ4n) is 3.68. The van der Waals surface area contributed by atoms with Crippen LogP contribution < -0.4 is 11.1 Å². The van der Waals surface area contributed by atoms with E-state index in [4.69, 9.17) is 17.3 Å². The number of carbonyl (C=O) groups is 1. The predicted octanol–water partition coefficient (Wildman–Crippen LogP) is 4.29. The summed E-state index contributed by atoms with van der Waals surface area (Å²) in [5, 5.41) is 17.0. The van der Waals surface area contributed by atoms with E-state index in [2.05, 4.69) is 15.0 Å². The Kier molecular flexibility index (Phi) is 4.05. The number of anilines is 1. The van der Waals surface area contributed by atoms with E-state index in [0.717, 1.165) is 47.1 Å². The lowest BCUT2D eigenvalue weighted by molar-refractivity contribution is 0.259. The summed E-state index contributed by atoms with van der Waals surface area (Å²) >= 11 is 6.52. The lowest BCUT2D eigenvalue weighted by Crippen LogP contribution is -2.19. The highest BCUT2D eigenvalue weighted by Crippen LogP contribution is 2.37. The van der Waals surface area contributed by atoms with E-state index >= 15 is 0 Å². The van der Waals surface area contributed by atoms with Crippen molar-refractivity contribution in [3.8, 4) is 5.69 Å². The van der Waals surface area contributed by atoms with Crippen LogP contribution in [0, 0.1) is 0 Å². The van der Waals surface area contributed by atoms with Gasteiger partial charge in [0.25, 0.3) is 0 Å². The molecule has 0 spiro atoms. The van der Waals surface area contributed by atoms with Crippen molar-refractivity contribution < 1.29 is 10.0 Å². The molecule has 132 valence electrons. The number of urea groups is 1. The highest BCUT2D eigenvalue weighted by Gasteiger charge is 2.26. The molecular weight excluding hydrogens is 352 g/mol. The molecule has 0 radical (unpaired) electrons. The number of rotatable bonds is 2. The number of nitrogens with one attached hydrogen (secondary N) is 1. The second kappa shape index (κ2) is 6.38. The Bertz CT molecular complexity index is 1060. The van der Waals surface area contributed by atoms with Crippen LogP contribution in [0.5, 0.6) is 0 Å². The van der Waals surface area contributed by atoms with Gasteiger partial charge < -0.3 is 20.8 Å². The molecule has 0 aliphatic heterocycles. The molecule has 0 saturated heterocycles. The van der Waals surface area contributed by atoms with Crippen molar-refractivity contribution in [3.63, 3.8) is 0 Å². The second-order valence-electron chi connectivity index (χ2n) is 6.23. The van der Waals surface area contributed by atoms with Gasteiger partial charge in [0, 0.05) is 22.3 Å². The van der Waals surface area contributed by atoms with Crippen molar-refractivity contribution in [3.05, 3.63) is 58.7 Å². The maximum atomic E-state index is 11.1. The van der Waals surface area contributed by atoms with Crippen molar-refractivity contribution in [2.24, 2.45) is 10.9 Å². The molecule has 3 aromatic rings. The van der Waals surface area contributed by atoms with Gasteiger partial charge in [-0.05, 0) is 43.5 Å². The van der Waals surface area contributed by atoms with Gasteiger partial charge in [-0.15, -0.1) is 0 Å². The zero-order chi connectivity index (χ0) is 18.3. The van der Waals surface area contributed by atoms with Crippen molar-refractivity contribution in [2.45, 2.75) is 19.3 Å². The number of para-hydroxylation sites is 1. The standard InChI is InChI=1S/C19H17ClN4O2/c20-13-10-11(22-19(21)25)8-9-16(13)24-15-6-2-1-4-12(15)18-14(23-26)5-3-7-17(18)24/h1-2,4,6,8-10,26H,3,5,7H2,(H3,21,22,25). The molecule has 2 amide bonds. The molecule has 0 bridgehead atoms. The number of hydrogen-bond acceptors (Lipinski definition) is 3. The molecule has 7 heteroatoms. The summed E-state index contributed by atoms with van der Waals surface area (Å²) in [7, 11) is 0. The number of nitrogens with zero attached hydrogens (tertiary/aromatic N) is 2. The van der Waals surface area contributed by atoms with Crippen LogP contribution in [0.1, 0.15) is 24.1 Å². The summed E-state index contributed by atoms with van der Waals surface area (Å²) in [6.45, 7) is 0. The van der Waals surface area contributed by atoms with Crippen LogP contribution in [0.2, 0.25) is 5.02 Å². The fourth-order valence-corrected chi connectivity index (χ4v) is 3.95. The Labute approximate surface area is 154 Å². The number of primary amides is 1. The lowest BCUT2D eigenvalue weighted by atomic mass is 9.93. The number of benzene rings is 2. The first-order valence-electron chi connectivity index (χ1n) is 8.30. The molecular formula is C19H17ClN4O2. The number of oxime groups is 1. The first-order valence-corrected chi connectivity index (χ1v) is 8.68. The average molecular weight is 369 g/mol. The lowest BCUT2D eigenvalue weighted by Gasteiger charge is -2.18. The Morgan fingerprint density at radius 3 is 2.77 bits per heavy atom. The quantitative estimate of drug-likeness (QED) is 0.465. The van der Waals surface area contributed by atoms with Gasteiger partial charge in [-0.25, -0.2) is 4.79 Å². The molecule has 4 rings (SSSR count). The third-order valence-corrected chi connectivity index (χ3v) is 4.97. The van der Waals surface area contributed by atoms with Crippen molar-refractivity contribution in [2.75, 3.05) is 5.32 Å². The highest BCUT2D eigenvalue weighted by molar-refractivity contribution is 6.33. The van der Waals surface area contributed by atoms with Gasteiger partial charge in [-0.2, -0.15) is 0 Å². The molecule has 0 unspecified atom stereocenters. The molecule has 1 heterocycles. The van der Waals surface area contributed by atoms with Gasteiger partial charge in [0.2, 0.25) is 0 Å². The molecule has 2 aromatic carbocycles. The molecule has 4 N–H and O–H groups in total. The van der Waals surface area contributed by atoms with Crippen LogP contribution in [-0.2, 0) is 6.42 Å². The van der Waals surface area contributed by atoms with Gasteiger partial charge in [0.05, 0.1) is 21.9 Å². The van der Waals surface area contributed by atoms with E-state index in [1.165, 1.54) is 0 Å². The zero-order valence-corrected chi connectivity index (χ0v) is 14.6. The van der Waals surface area contributed by atoms with E-state index in [1.807, 2.05) is 30.3 Å². The largest absolute Gasteiger partial charge is 0.411 e. The predicted molar refractivity (Wildman–Crippen MR) is 103 cm³/mol. The van der Waals surface area contributed by atoms with Crippen molar-refractivity contribution in [1.82, 2.24) is 4.57 Å². The number of nitrogens with two attached hydrogens (primary N) is 1. The fraction of sp³-hybridized carbons (Fsp3) is 0.158. The van der Waals surface area contributed by atoms with Gasteiger partial charge in [-0.3, -0.25) is 0 Å². The Balaban J connectivity index is 1.97. The van der Waals surface area contributed by atoms with E-state index in [1.54, 1.807) is 12.1 Å². The van der Waals surface area contributed by atoms with Gasteiger partial charge in [0.15, 0.2) is 0 Å². The minimum Gasteiger partial charge on any atom is -0.411 e. The molecule has 0 atom stereocenters. The van der Waals surface area contributed by atoms with Crippen LogP contribution in [0.3, 0.4) is 0 Å². The van der Waals surface area contributed by atoms with Crippen LogP contribution in [0.25, 0.3) is 16.6 Å². The molecule has 1 aliphatic carbocycles. The van der Waals surface area contributed by atoms with E-state index in [0.29, 0.717) is 16.4 Å². The Morgan fingerprint density at radius 1 is 1.23 bits per heavy atom. The maximum Gasteiger partial charge on any atom is 0.316 e. The molecule has 0 fully saturated rings.